The van der Waals surface area contributed by atoms with Crippen molar-refractivity contribution in [3.63, 3.8) is 0 Å². The smallest absolute Gasteiger partial charge is 0.264 e. The fourth-order valence-corrected chi connectivity index (χ4v) is 7.90. The minimum absolute atomic E-state index is 0.0509. The van der Waals surface area contributed by atoms with Crippen LogP contribution in [0, 0.1) is 0 Å². The van der Waals surface area contributed by atoms with E-state index >= 15 is 0 Å². The molecule has 1 aromatic heterocycles. The first kappa shape index (κ1) is 23.2. The molecule has 0 aliphatic carbocycles. The summed E-state index contributed by atoms with van der Waals surface area (Å²) in [4.78, 5) is 20.0. The van der Waals surface area contributed by atoms with Crippen LogP contribution in [0.15, 0.2) is 77.7 Å². The largest absolute Gasteiger partial charge is 0.339 e. The van der Waals surface area contributed by atoms with Crippen molar-refractivity contribution in [2.75, 3.05) is 23.9 Å². The number of sulfonamides is 1. The predicted octanol–water partition coefficient (Wildman–Crippen LogP) is 5.46. The Morgan fingerprint density at radius 3 is 2.39 bits per heavy atom. The molecule has 0 radical (unpaired) electrons. The predicted molar refractivity (Wildman–Crippen MR) is 143 cm³/mol. The summed E-state index contributed by atoms with van der Waals surface area (Å²) in [6.07, 6.45) is 3.43. The van der Waals surface area contributed by atoms with Gasteiger partial charge in [-0.15, -0.1) is 11.3 Å². The molecule has 4 aromatic rings. The van der Waals surface area contributed by atoms with Crippen LogP contribution in [0.25, 0.3) is 10.2 Å². The molecule has 0 unspecified atom stereocenters. The third-order valence-electron chi connectivity index (χ3n) is 7.20. The number of hydrogen-bond acceptors (Lipinski definition) is 5. The molecule has 0 N–H and O–H groups in total. The van der Waals surface area contributed by atoms with E-state index in [4.69, 9.17) is 4.98 Å². The summed E-state index contributed by atoms with van der Waals surface area (Å²) in [7, 11) is -3.69. The zero-order valence-corrected chi connectivity index (χ0v) is 21.5. The van der Waals surface area contributed by atoms with Crippen LogP contribution in [-0.2, 0) is 16.4 Å². The van der Waals surface area contributed by atoms with Gasteiger partial charge in [-0.2, -0.15) is 0 Å². The van der Waals surface area contributed by atoms with Crippen LogP contribution in [0.5, 0.6) is 0 Å². The molecule has 184 valence electrons. The van der Waals surface area contributed by atoms with Gasteiger partial charge in [-0.05, 0) is 73.7 Å². The second-order valence-corrected chi connectivity index (χ2v) is 12.3. The number of fused-ring (bicyclic) bond motifs is 2. The van der Waals surface area contributed by atoms with Gasteiger partial charge in [0, 0.05) is 31.1 Å². The minimum atomic E-state index is -3.69. The van der Waals surface area contributed by atoms with Crippen molar-refractivity contribution in [2.24, 2.45) is 0 Å². The highest BCUT2D eigenvalue weighted by Crippen LogP contribution is 2.35. The maximum absolute atomic E-state index is 13.4. The van der Waals surface area contributed by atoms with E-state index in [0.717, 1.165) is 47.5 Å². The fourth-order valence-electron chi connectivity index (χ4n) is 5.22. The lowest BCUT2D eigenvalue weighted by Crippen LogP contribution is -2.38. The van der Waals surface area contributed by atoms with E-state index in [2.05, 4.69) is 6.07 Å². The average molecular weight is 518 g/mol. The Labute approximate surface area is 215 Å². The molecule has 0 saturated carbocycles. The van der Waals surface area contributed by atoms with Gasteiger partial charge in [0.2, 0.25) is 0 Å². The highest BCUT2D eigenvalue weighted by atomic mass is 32.2. The third kappa shape index (κ3) is 4.18. The molecule has 0 bridgehead atoms. The Kier molecular flexibility index (Phi) is 6.01. The minimum Gasteiger partial charge on any atom is -0.339 e. The van der Waals surface area contributed by atoms with Crippen LogP contribution < -0.4 is 4.31 Å². The molecule has 1 amide bonds. The summed E-state index contributed by atoms with van der Waals surface area (Å²) in [6.45, 7) is 1.80. The highest BCUT2D eigenvalue weighted by molar-refractivity contribution is 7.92. The Morgan fingerprint density at radius 1 is 0.889 bits per heavy atom. The molecule has 3 heterocycles. The first-order valence-corrected chi connectivity index (χ1v) is 14.6. The molecule has 1 fully saturated rings. The van der Waals surface area contributed by atoms with Crippen LogP contribution in [0.1, 0.15) is 46.1 Å². The lowest BCUT2D eigenvalue weighted by molar-refractivity contribution is 0.0713. The normalized spacial score (nSPS) is 16.8. The second kappa shape index (κ2) is 9.33. The summed E-state index contributed by atoms with van der Waals surface area (Å²) in [5, 5.41) is 1.15. The number of anilines is 1. The van der Waals surface area contributed by atoms with Crippen molar-refractivity contribution in [3.8, 4) is 0 Å². The van der Waals surface area contributed by atoms with Gasteiger partial charge in [0.25, 0.3) is 15.9 Å². The molecular formula is C28H27N3O3S2. The molecule has 1 saturated heterocycles. The van der Waals surface area contributed by atoms with Crippen LogP contribution in [0.4, 0.5) is 5.69 Å². The number of rotatable bonds is 4. The van der Waals surface area contributed by atoms with Gasteiger partial charge in [-0.25, -0.2) is 13.4 Å². The highest BCUT2D eigenvalue weighted by Gasteiger charge is 2.30. The number of nitrogens with zero attached hydrogens (tertiary/aromatic N) is 3. The number of aryl methyl sites for hydroxylation is 1. The quantitative estimate of drug-likeness (QED) is 0.361. The lowest BCUT2D eigenvalue weighted by Gasteiger charge is -2.31. The molecule has 0 spiro atoms. The van der Waals surface area contributed by atoms with Crippen molar-refractivity contribution in [1.82, 2.24) is 9.88 Å². The number of carbonyl (C=O) groups excluding carboxylic acids is 1. The summed E-state index contributed by atoms with van der Waals surface area (Å²) >= 11 is 1.75. The van der Waals surface area contributed by atoms with Gasteiger partial charge in [-0.1, -0.05) is 30.3 Å². The van der Waals surface area contributed by atoms with Gasteiger partial charge < -0.3 is 4.90 Å². The van der Waals surface area contributed by atoms with Crippen molar-refractivity contribution in [2.45, 2.75) is 36.5 Å². The summed E-state index contributed by atoms with van der Waals surface area (Å²) in [5.74, 6) is 0.316. The van der Waals surface area contributed by atoms with E-state index in [1.54, 1.807) is 35.6 Å². The van der Waals surface area contributed by atoms with Crippen molar-refractivity contribution in [3.05, 3.63) is 88.9 Å². The second-order valence-electron chi connectivity index (χ2n) is 9.42. The van der Waals surface area contributed by atoms with E-state index in [0.29, 0.717) is 31.1 Å². The Balaban J connectivity index is 1.14. The molecule has 6 rings (SSSR count). The van der Waals surface area contributed by atoms with Gasteiger partial charge in [0.05, 0.1) is 25.8 Å². The topological polar surface area (TPSA) is 70.6 Å². The number of likely N-dealkylation sites (tertiary alicyclic amines) is 1. The summed E-state index contributed by atoms with van der Waals surface area (Å²) < 4.78 is 29.5. The van der Waals surface area contributed by atoms with Crippen LogP contribution >= 0.6 is 11.3 Å². The maximum Gasteiger partial charge on any atom is 0.264 e. The lowest BCUT2D eigenvalue weighted by atomic mass is 9.97. The SMILES string of the molecule is O=C(c1ccc(S(=O)(=O)N2CCCc3ccccc32)cc1)N1CCC(c2nc3ccccc3s2)CC1. The molecule has 3 aromatic carbocycles. The van der Waals surface area contributed by atoms with Crippen LogP contribution in [0.3, 0.4) is 0 Å². The van der Waals surface area contributed by atoms with Crippen molar-refractivity contribution in [1.29, 1.82) is 0 Å². The number of amides is 1. The van der Waals surface area contributed by atoms with E-state index in [1.165, 1.54) is 9.01 Å². The molecule has 0 atom stereocenters. The third-order valence-corrected chi connectivity index (χ3v) is 10.2. The molecule has 6 nitrogen and oxygen atoms in total. The van der Waals surface area contributed by atoms with Gasteiger partial charge in [0.15, 0.2) is 0 Å². The Hall–Kier alpha value is -3.23. The van der Waals surface area contributed by atoms with Crippen LogP contribution in [-0.4, -0.2) is 43.8 Å². The number of piperidine rings is 1. The van der Waals surface area contributed by atoms with E-state index < -0.39 is 10.0 Å². The van der Waals surface area contributed by atoms with Crippen molar-refractivity contribution < 1.29 is 13.2 Å². The van der Waals surface area contributed by atoms with Gasteiger partial charge >= 0.3 is 0 Å². The zero-order valence-electron chi connectivity index (χ0n) is 19.8. The molecule has 36 heavy (non-hydrogen) atoms. The number of para-hydroxylation sites is 2. The van der Waals surface area contributed by atoms with E-state index in [-0.39, 0.29) is 10.8 Å². The summed E-state index contributed by atoms with van der Waals surface area (Å²) in [6, 6.07) is 22.3. The number of hydrogen-bond donors (Lipinski definition) is 0. The van der Waals surface area contributed by atoms with E-state index in [9.17, 15) is 13.2 Å². The van der Waals surface area contributed by atoms with Crippen LogP contribution in [0.2, 0.25) is 0 Å². The van der Waals surface area contributed by atoms with Crippen molar-refractivity contribution >= 4 is 43.2 Å². The first-order chi connectivity index (χ1) is 17.5. The van der Waals surface area contributed by atoms with Gasteiger partial charge in [0.1, 0.15) is 0 Å². The van der Waals surface area contributed by atoms with Gasteiger partial charge in [-0.3, -0.25) is 9.10 Å². The number of aromatic nitrogens is 1. The molecule has 2 aliphatic heterocycles. The molecular weight excluding hydrogens is 490 g/mol. The standard InChI is InChI=1S/C28H27N3O3S2/c32-28(30-18-15-21(16-19-30)27-29-24-8-2-4-10-26(24)35-27)22-11-13-23(14-12-22)36(33,34)31-17-5-7-20-6-1-3-9-25(20)31/h1-4,6,8-14,21H,5,7,15-19H2. The van der Waals surface area contributed by atoms with E-state index in [1.807, 2.05) is 47.4 Å². The first-order valence-electron chi connectivity index (χ1n) is 12.4. The Morgan fingerprint density at radius 2 is 1.61 bits per heavy atom. The number of carbonyl (C=O) groups is 1. The fraction of sp³-hybridized carbons (Fsp3) is 0.286. The number of thiazole rings is 1. The summed E-state index contributed by atoms with van der Waals surface area (Å²) in [5.41, 5.74) is 3.36. The molecule has 8 heteroatoms. The molecule has 2 aliphatic rings. The zero-order chi connectivity index (χ0) is 24.7. The Bertz CT molecular complexity index is 1490. The average Bonchev–Trinajstić information content (AvgIpc) is 3.37. The monoisotopic (exact) mass is 517 g/mol. The maximum atomic E-state index is 13.4. The number of benzene rings is 3.